The van der Waals surface area contributed by atoms with Crippen LogP contribution in [0.3, 0.4) is 0 Å². The molecule has 0 saturated heterocycles. The minimum Gasteiger partial charge on any atom is -0.473 e. The van der Waals surface area contributed by atoms with E-state index in [1.54, 1.807) is 11.1 Å². The molecule has 5 heterocycles. The first-order chi connectivity index (χ1) is 18.2. The van der Waals surface area contributed by atoms with Crippen LogP contribution in [0.5, 0.6) is 17.2 Å². The zero-order chi connectivity index (χ0) is 26.4. The van der Waals surface area contributed by atoms with Crippen molar-refractivity contribution in [1.82, 2.24) is 19.9 Å². The Hall–Kier alpha value is -4.28. The Morgan fingerprint density at radius 3 is 2.84 bits per heavy atom. The van der Waals surface area contributed by atoms with Crippen LogP contribution in [-0.4, -0.2) is 50.7 Å². The maximum absolute atomic E-state index is 12.5. The number of ether oxygens (including phenoxy) is 3. The lowest BCUT2D eigenvalue weighted by Gasteiger charge is -2.29. The van der Waals surface area contributed by atoms with E-state index in [4.69, 9.17) is 19.2 Å². The van der Waals surface area contributed by atoms with Gasteiger partial charge in [-0.05, 0) is 51.5 Å². The van der Waals surface area contributed by atoms with Gasteiger partial charge >= 0.3 is 6.09 Å². The van der Waals surface area contributed by atoms with E-state index in [2.05, 4.69) is 15.3 Å². The van der Waals surface area contributed by atoms with Gasteiger partial charge < -0.3 is 34.3 Å². The van der Waals surface area contributed by atoms with E-state index in [0.717, 1.165) is 28.3 Å². The fraction of sp³-hybridized carbons (Fsp3) is 0.407. The third-order valence-corrected chi connectivity index (χ3v) is 6.64. The van der Waals surface area contributed by atoms with Gasteiger partial charge in [-0.1, -0.05) is 0 Å². The number of imidazole rings is 1. The lowest BCUT2D eigenvalue weighted by Crippen LogP contribution is -2.39. The van der Waals surface area contributed by atoms with Crippen LogP contribution in [0.4, 0.5) is 16.6 Å². The first kappa shape index (κ1) is 24.1. The van der Waals surface area contributed by atoms with Crippen molar-refractivity contribution in [1.29, 1.82) is 0 Å². The van der Waals surface area contributed by atoms with Gasteiger partial charge in [0.1, 0.15) is 28.7 Å². The third-order valence-electron chi connectivity index (χ3n) is 6.64. The predicted octanol–water partition coefficient (Wildman–Crippen LogP) is 4.13. The van der Waals surface area contributed by atoms with E-state index in [1.165, 1.54) is 0 Å². The van der Waals surface area contributed by atoms with Crippen molar-refractivity contribution in [3.05, 3.63) is 53.0 Å². The van der Waals surface area contributed by atoms with E-state index in [9.17, 15) is 9.59 Å². The summed E-state index contributed by atoms with van der Waals surface area (Å²) in [6.07, 6.45) is 2.96. The second-order valence-corrected chi connectivity index (χ2v) is 10.7. The largest absolute Gasteiger partial charge is 0.473 e. The molecule has 198 valence electrons. The van der Waals surface area contributed by atoms with Crippen molar-refractivity contribution < 1.29 is 23.8 Å². The van der Waals surface area contributed by atoms with Crippen LogP contribution < -0.4 is 19.7 Å². The number of rotatable bonds is 3. The molecule has 3 aliphatic heterocycles. The smallest absolute Gasteiger partial charge is 0.410 e. The number of anilines is 2. The number of benzene rings is 1. The minimum absolute atomic E-state index is 0.0367. The molecular weight excluding hydrogens is 488 g/mol. The Labute approximate surface area is 220 Å². The Balaban J connectivity index is 1.17. The molecule has 0 fully saturated rings. The monoisotopic (exact) mass is 518 g/mol. The molecule has 0 radical (unpaired) electrons. The highest BCUT2D eigenvalue weighted by Gasteiger charge is 2.29. The average molecular weight is 519 g/mol. The first-order valence-electron chi connectivity index (χ1n) is 12.7. The fourth-order valence-electron chi connectivity index (χ4n) is 4.81. The van der Waals surface area contributed by atoms with Crippen molar-refractivity contribution in [2.45, 2.75) is 58.7 Å². The van der Waals surface area contributed by atoms with Gasteiger partial charge in [0.05, 0.1) is 24.5 Å². The van der Waals surface area contributed by atoms with E-state index in [0.29, 0.717) is 68.9 Å². The molecule has 0 aliphatic carbocycles. The fourth-order valence-corrected chi connectivity index (χ4v) is 4.81. The average Bonchev–Trinajstić information content (AvgIpc) is 3.31. The number of aromatic amines is 1. The summed E-state index contributed by atoms with van der Waals surface area (Å²) in [6.45, 7) is 7.52. The summed E-state index contributed by atoms with van der Waals surface area (Å²) in [7, 11) is 0. The quantitative estimate of drug-likeness (QED) is 0.531. The second-order valence-electron chi connectivity index (χ2n) is 10.7. The van der Waals surface area contributed by atoms with Crippen LogP contribution in [0.25, 0.3) is 0 Å². The van der Waals surface area contributed by atoms with Crippen LogP contribution >= 0.6 is 0 Å². The van der Waals surface area contributed by atoms with Gasteiger partial charge in [-0.3, -0.25) is 4.79 Å². The molecule has 2 N–H and O–H groups in total. The third kappa shape index (κ3) is 4.83. The zero-order valence-corrected chi connectivity index (χ0v) is 21.7. The molecule has 0 bridgehead atoms. The highest BCUT2D eigenvalue weighted by molar-refractivity contribution is 5.93. The summed E-state index contributed by atoms with van der Waals surface area (Å²) in [5, 5.41) is 2.80. The second kappa shape index (κ2) is 9.23. The highest BCUT2D eigenvalue weighted by Crippen LogP contribution is 2.36. The number of fused-ring (bicyclic) bond motifs is 3. The lowest BCUT2D eigenvalue weighted by molar-refractivity contribution is -0.116. The number of H-pyrrole nitrogens is 1. The topological polar surface area (TPSA) is 122 Å². The SMILES string of the molecule is CC(C)(C)OC(=O)N1CCc2nc(N3COc4ccc(Oc5ccnc6c5CCC(=O)N6)cc4C3)[nH]c2C1. The number of carbonyl (C=O) groups excluding carboxylic acids is 2. The molecule has 11 heteroatoms. The van der Waals surface area contributed by atoms with Gasteiger partial charge in [0.2, 0.25) is 11.9 Å². The molecule has 0 saturated carbocycles. The normalized spacial score (nSPS) is 16.6. The molecule has 2 aromatic heterocycles. The summed E-state index contributed by atoms with van der Waals surface area (Å²) in [5.74, 6) is 3.37. The van der Waals surface area contributed by atoms with Crippen LogP contribution in [0, 0.1) is 0 Å². The maximum atomic E-state index is 12.5. The molecule has 38 heavy (non-hydrogen) atoms. The van der Waals surface area contributed by atoms with Crippen molar-refractivity contribution in [2.24, 2.45) is 0 Å². The van der Waals surface area contributed by atoms with Crippen LogP contribution in [0.15, 0.2) is 30.5 Å². The molecule has 0 unspecified atom stereocenters. The molecule has 3 aromatic rings. The summed E-state index contributed by atoms with van der Waals surface area (Å²) in [5.41, 5.74) is 3.19. The molecule has 1 aromatic carbocycles. The van der Waals surface area contributed by atoms with Gasteiger partial charge in [0.15, 0.2) is 6.73 Å². The Morgan fingerprint density at radius 2 is 2.00 bits per heavy atom. The van der Waals surface area contributed by atoms with Gasteiger partial charge in [-0.25, -0.2) is 14.8 Å². The van der Waals surface area contributed by atoms with E-state index in [1.807, 2.05) is 49.9 Å². The number of carbonyl (C=O) groups is 2. The van der Waals surface area contributed by atoms with Crippen molar-refractivity contribution in [2.75, 3.05) is 23.5 Å². The lowest BCUT2D eigenvalue weighted by atomic mass is 10.1. The Bertz CT molecular complexity index is 1410. The van der Waals surface area contributed by atoms with Crippen molar-refractivity contribution >= 4 is 23.8 Å². The van der Waals surface area contributed by atoms with Crippen LogP contribution in [0.1, 0.15) is 49.7 Å². The summed E-state index contributed by atoms with van der Waals surface area (Å²) in [4.78, 5) is 40.4. The number of aromatic nitrogens is 3. The minimum atomic E-state index is -0.537. The maximum Gasteiger partial charge on any atom is 0.410 e. The van der Waals surface area contributed by atoms with Crippen LogP contribution in [-0.2, 0) is 35.5 Å². The molecular formula is C27H30N6O5. The standard InChI is InChI=1S/C27H30N6O5/c1-27(2,3)38-26(35)32-11-9-19-20(14-32)30-25(29-19)33-13-16-12-17(4-6-21(16)36-15-33)37-22-8-10-28-24-18(22)5-7-23(34)31-24/h4,6,8,10,12H,5,7,9,11,13-15H2,1-3H3,(H,29,30)(H,28,31,34). The van der Waals surface area contributed by atoms with E-state index in [-0.39, 0.29) is 12.0 Å². The van der Waals surface area contributed by atoms with Gasteiger partial charge in [0.25, 0.3) is 0 Å². The number of pyridine rings is 1. The number of hydrogen-bond donors (Lipinski definition) is 2. The van der Waals surface area contributed by atoms with Gasteiger partial charge in [-0.2, -0.15) is 0 Å². The van der Waals surface area contributed by atoms with Crippen LogP contribution in [0.2, 0.25) is 0 Å². The van der Waals surface area contributed by atoms with Crippen molar-refractivity contribution in [3.63, 3.8) is 0 Å². The molecule has 2 amide bonds. The number of hydrogen-bond acceptors (Lipinski definition) is 8. The van der Waals surface area contributed by atoms with Crippen molar-refractivity contribution in [3.8, 4) is 17.2 Å². The molecule has 11 nitrogen and oxygen atoms in total. The van der Waals surface area contributed by atoms with Gasteiger partial charge in [0, 0.05) is 36.7 Å². The summed E-state index contributed by atoms with van der Waals surface area (Å²) < 4.78 is 17.8. The van der Waals surface area contributed by atoms with E-state index < -0.39 is 5.60 Å². The summed E-state index contributed by atoms with van der Waals surface area (Å²) >= 11 is 0. The predicted molar refractivity (Wildman–Crippen MR) is 138 cm³/mol. The number of nitrogens with one attached hydrogen (secondary N) is 2. The first-order valence-corrected chi connectivity index (χ1v) is 12.7. The zero-order valence-electron chi connectivity index (χ0n) is 21.7. The number of amides is 2. The van der Waals surface area contributed by atoms with E-state index >= 15 is 0 Å². The Morgan fingerprint density at radius 1 is 1.13 bits per heavy atom. The summed E-state index contributed by atoms with van der Waals surface area (Å²) in [6, 6.07) is 7.55. The highest BCUT2D eigenvalue weighted by atomic mass is 16.6. The Kier molecular flexibility index (Phi) is 5.85. The number of nitrogens with zero attached hydrogens (tertiary/aromatic N) is 4. The molecule has 3 aliphatic rings. The molecule has 0 atom stereocenters. The molecule has 0 spiro atoms. The molecule has 6 rings (SSSR count). The van der Waals surface area contributed by atoms with Gasteiger partial charge in [-0.15, -0.1) is 0 Å².